The summed E-state index contributed by atoms with van der Waals surface area (Å²) in [5.41, 5.74) is 0. The van der Waals surface area contributed by atoms with Crippen LogP contribution < -0.4 is 5.32 Å². The van der Waals surface area contributed by atoms with Gasteiger partial charge in [0, 0.05) is 15.4 Å². The summed E-state index contributed by atoms with van der Waals surface area (Å²) < 4.78 is 1.92. The molecular weight excluding hydrogens is 318 g/mol. The van der Waals surface area contributed by atoms with E-state index in [0.29, 0.717) is 0 Å². The quantitative estimate of drug-likeness (QED) is 0.748. The predicted octanol–water partition coefficient (Wildman–Crippen LogP) is 4.87. The second-order valence-corrected chi connectivity index (χ2v) is 7.59. The van der Waals surface area contributed by atoms with Gasteiger partial charge in [0.25, 0.3) is 0 Å². The van der Waals surface area contributed by atoms with Gasteiger partial charge >= 0.3 is 0 Å². The number of rotatable bonds is 7. The minimum absolute atomic E-state index is 0.793. The molecule has 17 heavy (non-hydrogen) atoms. The van der Waals surface area contributed by atoms with Crippen LogP contribution in [0.1, 0.15) is 37.5 Å². The lowest BCUT2D eigenvalue weighted by atomic mass is 10.0. The van der Waals surface area contributed by atoms with E-state index in [0.717, 1.165) is 27.2 Å². The molecule has 1 fully saturated rings. The smallest absolute Gasteiger partial charge is 0.107 e. The van der Waals surface area contributed by atoms with Gasteiger partial charge in [-0.05, 0) is 66.6 Å². The molecular formula is C13H19BrClNS. The van der Waals surface area contributed by atoms with Crippen LogP contribution in [0.4, 0.5) is 0 Å². The Labute approximate surface area is 121 Å². The highest BCUT2D eigenvalue weighted by atomic mass is 79.9. The van der Waals surface area contributed by atoms with Gasteiger partial charge in [0.05, 0.1) is 0 Å². The van der Waals surface area contributed by atoms with Crippen molar-refractivity contribution in [1.29, 1.82) is 0 Å². The molecule has 0 aliphatic heterocycles. The number of nitrogens with one attached hydrogen (secondary N) is 1. The van der Waals surface area contributed by atoms with Gasteiger partial charge in [0.2, 0.25) is 0 Å². The molecule has 4 heteroatoms. The van der Waals surface area contributed by atoms with Crippen molar-refractivity contribution in [2.24, 2.45) is 5.92 Å². The van der Waals surface area contributed by atoms with E-state index in [-0.39, 0.29) is 0 Å². The molecule has 1 atom stereocenters. The molecule has 1 nitrogen and oxygen atoms in total. The summed E-state index contributed by atoms with van der Waals surface area (Å²) >= 11 is 11.2. The Morgan fingerprint density at radius 2 is 2.29 bits per heavy atom. The fourth-order valence-corrected chi connectivity index (χ4v) is 3.67. The largest absolute Gasteiger partial charge is 0.314 e. The molecule has 1 heterocycles. The third-order valence-corrected chi connectivity index (χ3v) is 5.76. The summed E-state index contributed by atoms with van der Waals surface area (Å²) in [5, 5.41) is 3.57. The average Bonchev–Trinajstić information content (AvgIpc) is 3.04. The molecule has 1 saturated carbocycles. The van der Waals surface area contributed by atoms with E-state index in [9.17, 15) is 0 Å². The molecule has 1 aliphatic carbocycles. The van der Waals surface area contributed by atoms with Crippen LogP contribution in [-0.4, -0.2) is 12.6 Å². The fraction of sp³-hybridized carbons (Fsp3) is 0.692. The highest BCUT2D eigenvalue weighted by molar-refractivity contribution is 9.10. The SMILES string of the molecule is CC(CCNC1CC1)CCc1cc(Br)c(Cl)s1. The van der Waals surface area contributed by atoms with Gasteiger partial charge in [0.1, 0.15) is 4.34 Å². The first-order chi connectivity index (χ1) is 8.15. The Hall–Kier alpha value is 0.430. The molecule has 1 aromatic heterocycles. The first kappa shape index (κ1) is 13.9. The van der Waals surface area contributed by atoms with E-state index in [4.69, 9.17) is 11.6 Å². The summed E-state index contributed by atoms with van der Waals surface area (Å²) in [6.07, 6.45) is 6.47. The van der Waals surface area contributed by atoms with E-state index < -0.39 is 0 Å². The number of aryl methyl sites for hydroxylation is 1. The van der Waals surface area contributed by atoms with Crippen molar-refractivity contribution in [2.75, 3.05) is 6.54 Å². The summed E-state index contributed by atoms with van der Waals surface area (Å²) in [6, 6.07) is 3.00. The highest BCUT2D eigenvalue weighted by Crippen LogP contribution is 2.33. The number of thiophene rings is 1. The standard InChI is InChI=1S/C13H19BrClNS/c1-9(6-7-16-10-3-4-10)2-5-11-8-12(14)13(15)17-11/h8-10,16H,2-7H2,1H3. The summed E-state index contributed by atoms with van der Waals surface area (Å²) in [7, 11) is 0. The molecule has 0 saturated heterocycles. The van der Waals surface area contributed by atoms with E-state index in [1.807, 2.05) is 0 Å². The van der Waals surface area contributed by atoms with E-state index in [1.165, 1.54) is 37.1 Å². The topological polar surface area (TPSA) is 12.0 Å². The molecule has 1 aromatic rings. The second-order valence-electron chi connectivity index (χ2n) is 5.00. The van der Waals surface area contributed by atoms with Crippen LogP contribution >= 0.6 is 38.9 Å². The Bertz CT molecular complexity index is 343. The maximum Gasteiger partial charge on any atom is 0.107 e. The minimum atomic E-state index is 0.793. The summed E-state index contributed by atoms with van der Waals surface area (Å²) in [4.78, 5) is 1.39. The Morgan fingerprint density at radius 3 is 2.88 bits per heavy atom. The van der Waals surface area contributed by atoms with Gasteiger partial charge in [-0.15, -0.1) is 11.3 Å². The molecule has 0 radical (unpaired) electrons. The maximum atomic E-state index is 6.03. The van der Waals surface area contributed by atoms with Gasteiger partial charge in [0.15, 0.2) is 0 Å². The number of hydrogen-bond acceptors (Lipinski definition) is 2. The van der Waals surface area contributed by atoms with E-state index in [2.05, 4.69) is 34.2 Å². The Kier molecular flexibility index (Phi) is 5.34. The molecule has 2 rings (SSSR count). The van der Waals surface area contributed by atoms with Gasteiger partial charge in [-0.2, -0.15) is 0 Å². The van der Waals surface area contributed by atoms with Crippen molar-refractivity contribution < 1.29 is 0 Å². The van der Waals surface area contributed by atoms with Crippen LogP contribution in [0.25, 0.3) is 0 Å². The third-order valence-electron chi connectivity index (χ3n) is 3.23. The zero-order valence-corrected chi connectivity index (χ0v) is 13.3. The van der Waals surface area contributed by atoms with Gasteiger partial charge in [-0.25, -0.2) is 0 Å². The minimum Gasteiger partial charge on any atom is -0.314 e. The van der Waals surface area contributed by atoms with E-state index >= 15 is 0 Å². The fourth-order valence-electron chi connectivity index (χ4n) is 1.87. The van der Waals surface area contributed by atoms with Crippen LogP contribution in [-0.2, 0) is 6.42 Å². The summed E-state index contributed by atoms with van der Waals surface area (Å²) in [6.45, 7) is 3.53. The molecule has 1 N–H and O–H groups in total. The van der Waals surface area contributed by atoms with Crippen molar-refractivity contribution in [3.05, 3.63) is 19.8 Å². The van der Waals surface area contributed by atoms with Crippen LogP contribution in [0.5, 0.6) is 0 Å². The van der Waals surface area contributed by atoms with Crippen molar-refractivity contribution in [3.63, 3.8) is 0 Å². The lowest BCUT2D eigenvalue weighted by Crippen LogP contribution is -2.19. The van der Waals surface area contributed by atoms with E-state index in [1.54, 1.807) is 11.3 Å². The van der Waals surface area contributed by atoms with Crippen LogP contribution in [0.2, 0.25) is 4.34 Å². The monoisotopic (exact) mass is 335 g/mol. The highest BCUT2D eigenvalue weighted by Gasteiger charge is 2.19. The van der Waals surface area contributed by atoms with Gasteiger partial charge < -0.3 is 5.32 Å². The first-order valence-corrected chi connectivity index (χ1v) is 8.31. The molecule has 0 bridgehead atoms. The van der Waals surface area contributed by atoms with Crippen molar-refractivity contribution in [2.45, 2.75) is 45.1 Å². The lowest BCUT2D eigenvalue weighted by molar-refractivity contribution is 0.470. The van der Waals surface area contributed by atoms with Gasteiger partial charge in [-0.3, -0.25) is 0 Å². The zero-order chi connectivity index (χ0) is 12.3. The number of halogens is 2. The van der Waals surface area contributed by atoms with Crippen LogP contribution in [0, 0.1) is 5.92 Å². The molecule has 1 aliphatic rings. The van der Waals surface area contributed by atoms with Gasteiger partial charge in [-0.1, -0.05) is 18.5 Å². The number of hydrogen-bond donors (Lipinski definition) is 1. The molecule has 96 valence electrons. The summed E-state index contributed by atoms with van der Waals surface area (Å²) in [5.74, 6) is 0.793. The molecule has 0 aromatic carbocycles. The average molecular weight is 337 g/mol. The molecule has 0 amide bonds. The van der Waals surface area contributed by atoms with Crippen LogP contribution in [0.3, 0.4) is 0 Å². The predicted molar refractivity (Wildman–Crippen MR) is 80.2 cm³/mol. The Balaban J connectivity index is 1.62. The van der Waals surface area contributed by atoms with Crippen molar-refractivity contribution >= 4 is 38.9 Å². The van der Waals surface area contributed by atoms with Crippen molar-refractivity contribution in [3.8, 4) is 0 Å². The molecule has 1 unspecified atom stereocenters. The second kappa shape index (κ2) is 6.55. The van der Waals surface area contributed by atoms with Crippen LogP contribution in [0.15, 0.2) is 10.5 Å². The third kappa shape index (κ3) is 4.90. The zero-order valence-electron chi connectivity index (χ0n) is 10.1. The Morgan fingerprint density at radius 1 is 1.53 bits per heavy atom. The normalized spacial score (nSPS) is 17.4. The van der Waals surface area contributed by atoms with Crippen molar-refractivity contribution in [1.82, 2.24) is 5.32 Å². The first-order valence-electron chi connectivity index (χ1n) is 6.32. The maximum absolute atomic E-state index is 6.03. The molecule has 0 spiro atoms. The lowest BCUT2D eigenvalue weighted by Gasteiger charge is -2.10.